The number of allylic oxidation sites excluding steroid dienone is 1. The number of nitrogens with zero attached hydrogens (tertiary/aromatic N) is 4. The molecule has 1 aliphatic carbocycles. The van der Waals surface area contributed by atoms with Crippen LogP contribution in [0.4, 0.5) is 10.1 Å². The number of hydrogen-bond donors (Lipinski definition) is 1. The summed E-state index contributed by atoms with van der Waals surface area (Å²) in [6.07, 6.45) is 5.24. The van der Waals surface area contributed by atoms with Gasteiger partial charge in [-0.05, 0) is 60.2 Å². The Labute approximate surface area is 235 Å². The number of esters is 1. The van der Waals surface area contributed by atoms with Crippen LogP contribution in [0.3, 0.4) is 0 Å². The molecule has 3 heterocycles. The van der Waals surface area contributed by atoms with E-state index in [-0.39, 0.29) is 31.1 Å². The Morgan fingerprint density at radius 1 is 1.29 bits per heavy atom. The van der Waals surface area contributed by atoms with Crippen molar-refractivity contribution in [3.05, 3.63) is 83.6 Å². The third-order valence-electron chi connectivity index (χ3n) is 7.38. The van der Waals surface area contributed by atoms with Crippen molar-refractivity contribution in [2.24, 2.45) is 4.99 Å². The summed E-state index contributed by atoms with van der Waals surface area (Å²) in [5, 5.41) is 0. The number of nitrogens with one attached hydrogen (secondary N) is 1. The van der Waals surface area contributed by atoms with Gasteiger partial charge in [0.25, 0.3) is 5.91 Å². The molecule has 9 nitrogen and oxygen atoms in total. The number of aromatic amines is 1. The van der Waals surface area contributed by atoms with Crippen molar-refractivity contribution >= 4 is 34.4 Å². The van der Waals surface area contributed by atoms with Crippen molar-refractivity contribution in [1.29, 1.82) is 0 Å². The Bertz CT molecular complexity index is 1740. The highest BCUT2D eigenvalue weighted by Gasteiger charge is 2.33. The zero-order valence-electron chi connectivity index (χ0n) is 22.7. The summed E-state index contributed by atoms with van der Waals surface area (Å²) < 4.78 is 26.8. The number of anilines is 1. The van der Waals surface area contributed by atoms with Crippen molar-refractivity contribution in [2.45, 2.75) is 32.3 Å². The average Bonchev–Trinajstić information content (AvgIpc) is 3.75. The number of imidazole rings is 1. The molecule has 2 aliphatic rings. The Kier molecular flexibility index (Phi) is 6.82. The first-order chi connectivity index (χ1) is 19.9. The minimum absolute atomic E-state index is 0.101. The Hall–Kier alpha value is -4.86. The van der Waals surface area contributed by atoms with E-state index in [0.29, 0.717) is 45.4 Å². The predicted molar refractivity (Wildman–Crippen MR) is 153 cm³/mol. The van der Waals surface area contributed by atoms with Gasteiger partial charge in [-0.25, -0.2) is 14.4 Å². The highest BCUT2D eigenvalue weighted by Crippen LogP contribution is 2.43. The number of carbonyl (C=O) groups is 2. The fourth-order valence-corrected chi connectivity index (χ4v) is 5.24. The van der Waals surface area contributed by atoms with Crippen molar-refractivity contribution in [2.75, 3.05) is 25.1 Å². The van der Waals surface area contributed by atoms with E-state index in [0.717, 1.165) is 24.0 Å². The highest BCUT2D eigenvalue weighted by atomic mass is 19.1. The summed E-state index contributed by atoms with van der Waals surface area (Å²) in [5.74, 6) is -0.515. The summed E-state index contributed by atoms with van der Waals surface area (Å²) in [6.45, 7) is 5.36. The fraction of sp³-hybridized carbons (Fsp3) is 0.258. The quantitative estimate of drug-likeness (QED) is 0.244. The first kappa shape index (κ1) is 26.4. The maximum absolute atomic E-state index is 15.4. The second-order valence-corrected chi connectivity index (χ2v) is 9.99. The van der Waals surface area contributed by atoms with Crippen molar-refractivity contribution in [3.63, 3.8) is 0 Å². The number of hydrogen-bond acceptors (Lipinski definition) is 7. The molecule has 1 amide bonds. The molecule has 2 aromatic carbocycles. The number of aromatic nitrogens is 3. The van der Waals surface area contributed by atoms with Gasteiger partial charge in [0.05, 0.1) is 23.5 Å². The molecule has 1 aliphatic heterocycles. The van der Waals surface area contributed by atoms with Gasteiger partial charge >= 0.3 is 5.97 Å². The van der Waals surface area contributed by atoms with Gasteiger partial charge in [-0.15, -0.1) is 0 Å². The number of fused-ring (bicyclic) bond motifs is 2. The van der Waals surface area contributed by atoms with Crippen molar-refractivity contribution in [1.82, 2.24) is 15.0 Å². The van der Waals surface area contributed by atoms with Gasteiger partial charge in [0.1, 0.15) is 30.3 Å². The van der Waals surface area contributed by atoms with Crippen LogP contribution in [0, 0.1) is 5.82 Å². The number of pyridine rings is 1. The molecule has 6 rings (SSSR count). The lowest BCUT2D eigenvalue weighted by atomic mass is 9.97. The van der Waals surface area contributed by atoms with E-state index in [1.807, 2.05) is 12.1 Å². The third-order valence-corrected chi connectivity index (χ3v) is 7.38. The first-order valence-electron chi connectivity index (χ1n) is 13.4. The molecule has 4 aromatic rings. The van der Waals surface area contributed by atoms with Crippen LogP contribution >= 0.6 is 0 Å². The molecule has 1 N–H and O–H groups in total. The molecule has 0 radical (unpaired) electrons. The number of ether oxygens (including phenoxy) is 2. The van der Waals surface area contributed by atoms with Crippen LogP contribution in [-0.2, 0) is 16.1 Å². The first-order valence-corrected chi connectivity index (χ1v) is 13.4. The smallest absolute Gasteiger partial charge is 0.302 e. The van der Waals surface area contributed by atoms with Gasteiger partial charge in [0.15, 0.2) is 11.5 Å². The van der Waals surface area contributed by atoms with Crippen molar-refractivity contribution in [3.8, 4) is 16.9 Å². The number of H-pyrrole nitrogens is 1. The van der Waals surface area contributed by atoms with E-state index < -0.39 is 17.7 Å². The van der Waals surface area contributed by atoms with Gasteiger partial charge in [-0.2, -0.15) is 0 Å². The van der Waals surface area contributed by atoms with Gasteiger partial charge in [-0.1, -0.05) is 18.7 Å². The summed E-state index contributed by atoms with van der Waals surface area (Å²) >= 11 is 0. The fourth-order valence-electron chi connectivity index (χ4n) is 5.24. The average molecular weight is 554 g/mol. The summed E-state index contributed by atoms with van der Waals surface area (Å²) in [5.41, 5.74) is 4.92. The molecule has 0 unspecified atom stereocenters. The zero-order chi connectivity index (χ0) is 28.7. The maximum atomic E-state index is 15.4. The van der Waals surface area contributed by atoms with E-state index in [1.54, 1.807) is 37.5 Å². The molecule has 0 bridgehead atoms. The second-order valence-electron chi connectivity index (χ2n) is 9.99. The Morgan fingerprint density at radius 3 is 2.85 bits per heavy atom. The number of carbonyl (C=O) groups excluding carboxylic acids is 2. The second kappa shape index (κ2) is 10.6. The van der Waals surface area contributed by atoms with Crippen LogP contribution < -0.4 is 9.64 Å². The molecule has 208 valence electrons. The van der Waals surface area contributed by atoms with Gasteiger partial charge < -0.3 is 19.4 Å². The topological polar surface area (TPSA) is 110 Å². The molecular weight excluding hydrogens is 525 g/mol. The van der Waals surface area contributed by atoms with E-state index in [9.17, 15) is 9.59 Å². The van der Waals surface area contributed by atoms with Crippen LogP contribution in [0.2, 0.25) is 0 Å². The van der Waals surface area contributed by atoms with Crippen molar-refractivity contribution < 1.29 is 23.5 Å². The Balaban J connectivity index is 1.49. The summed E-state index contributed by atoms with van der Waals surface area (Å²) in [4.78, 5) is 43.8. The third kappa shape index (κ3) is 4.86. The van der Waals surface area contributed by atoms with Gasteiger partial charge in [0.2, 0.25) is 0 Å². The maximum Gasteiger partial charge on any atom is 0.302 e. The number of amides is 1. The molecule has 10 heteroatoms. The molecule has 0 spiro atoms. The van der Waals surface area contributed by atoms with E-state index in [4.69, 9.17) is 9.47 Å². The molecule has 0 atom stereocenters. The van der Waals surface area contributed by atoms with E-state index in [2.05, 4.69) is 26.5 Å². The monoisotopic (exact) mass is 553 g/mol. The van der Waals surface area contributed by atoms with Gasteiger partial charge in [0, 0.05) is 31.3 Å². The number of rotatable bonds is 7. The molecule has 1 saturated carbocycles. The lowest BCUT2D eigenvalue weighted by Crippen LogP contribution is -2.33. The van der Waals surface area contributed by atoms with Crippen LogP contribution in [0.5, 0.6) is 5.75 Å². The molecule has 41 heavy (non-hydrogen) atoms. The standard InChI is InChI=1S/C31H28FN5O4/c1-4-24(33-3)29-35-28-21(10-11-34-30(28)36-29)20-6-5-7-25(22(20)16-41-17(2)38)37-12-13-40-26-15-19(18-8-9-18)14-23(32)27(26)31(37)39/h4-7,10-11,14-15,18H,1,8-9,12-13,16H2,2-3H3,(H,34,35,36). The van der Waals surface area contributed by atoms with Gasteiger partial charge in [-0.3, -0.25) is 14.6 Å². The zero-order valence-corrected chi connectivity index (χ0v) is 22.7. The van der Waals surface area contributed by atoms with Crippen LogP contribution in [0.15, 0.2) is 60.2 Å². The lowest BCUT2D eigenvalue weighted by molar-refractivity contribution is -0.142. The minimum Gasteiger partial charge on any atom is -0.491 e. The largest absolute Gasteiger partial charge is 0.491 e. The summed E-state index contributed by atoms with van der Waals surface area (Å²) in [7, 11) is 1.65. The number of benzene rings is 2. The van der Waals surface area contributed by atoms with Crippen LogP contribution in [0.1, 0.15) is 53.0 Å². The summed E-state index contributed by atoms with van der Waals surface area (Å²) in [6, 6.07) is 10.5. The normalized spacial score (nSPS) is 15.3. The Morgan fingerprint density at radius 2 is 2.12 bits per heavy atom. The highest BCUT2D eigenvalue weighted by molar-refractivity contribution is 6.10. The SMILES string of the molecule is C=CC(=NC)c1nc2nccc(-c3cccc(N4CCOc5cc(C6CC6)cc(F)c5C4=O)c3COC(C)=O)c2[nH]1. The molecule has 0 saturated heterocycles. The minimum atomic E-state index is -0.601. The van der Waals surface area contributed by atoms with Crippen LogP contribution in [-0.4, -0.2) is 52.7 Å². The number of halogens is 1. The predicted octanol–water partition coefficient (Wildman–Crippen LogP) is 5.35. The molecule has 1 fully saturated rings. The van der Waals surface area contributed by atoms with Crippen LogP contribution in [0.25, 0.3) is 22.3 Å². The van der Waals surface area contributed by atoms with E-state index in [1.165, 1.54) is 17.9 Å². The number of aliphatic imine (C=N–C) groups is 1. The lowest BCUT2D eigenvalue weighted by Gasteiger charge is -2.25. The molecule has 2 aromatic heterocycles. The van der Waals surface area contributed by atoms with E-state index >= 15 is 4.39 Å². The molecular formula is C31H28FN5O4.